The summed E-state index contributed by atoms with van der Waals surface area (Å²) in [5.74, 6) is 0. The minimum atomic E-state index is 1.00. The Balaban J connectivity index is 1.15. The van der Waals surface area contributed by atoms with Crippen LogP contribution in [-0.4, -0.2) is 13.1 Å². The monoisotopic (exact) mass is 766 g/mol. The van der Waals surface area contributed by atoms with Crippen molar-refractivity contribution in [3.05, 3.63) is 193 Å². The van der Waals surface area contributed by atoms with Crippen molar-refractivity contribution in [3.8, 4) is 44.5 Å². The lowest BCUT2D eigenvalue weighted by atomic mass is 9.83. The zero-order chi connectivity index (χ0) is 39.3. The number of rotatable bonds is 4. The molecule has 0 unspecified atom stereocenters. The Morgan fingerprint density at radius 2 is 0.883 bits per heavy atom. The maximum atomic E-state index is 2.56. The first kappa shape index (κ1) is 33.8. The molecule has 0 N–H and O–H groups in total. The van der Waals surface area contributed by atoms with Gasteiger partial charge in [-0.05, 0) is 167 Å². The second-order valence-electron chi connectivity index (χ2n) is 17.0. The van der Waals surface area contributed by atoms with E-state index in [1.54, 1.807) is 0 Å². The van der Waals surface area contributed by atoms with Gasteiger partial charge in [0, 0.05) is 35.8 Å². The standard InChI is InChI=1S/C58H42N2/c1-2-15-40-34-41(25-24-37(40)12-1)56-50-28-26-43(60-33-11-17-39-14-4-8-23-55(39)60)36-53(50)58(49-31-30-48-45-19-6-5-18-44(45)46-20-9-21-47(49)57(46)48)51-29-27-42(35-52(51)56)59-32-10-16-38-13-3-7-22-54(38)59/h1-9,12-15,18-31,34-36H,10-11,16-17,32-33H2. The smallest absolute Gasteiger partial charge is 0.0443 e. The first-order valence-corrected chi connectivity index (χ1v) is 21.7. The van der Waals surface area contributed by atoms with Gasteiger partial charge in [0.1, 0.15) is 0 Å². The first-order chi connectivity index (χ1) is 29.8. The molecule has 0 spiro atoms. The molecule has 10 aromatic rings. The van der Waals surface area contributed by atoms with E-state index in [2.05, 4.69) is 192 Å². The van der Waals surface area contributed by atoms with Crippen LogP contribution in [0.1, 0.15) is 24.0 Å². The molecule has 0 aromatic heterocycles. The highest BCUT2D eigenvalue weighted by molar-refractivity contribution is 6.27. The zero-order valence-corrected chi connectivity index (χ0v) is 33.5. The summed E-state index contributed by atoms with van der Waals surface area (Å²) in [5.41, 5.74) is 18.5. The predicted molar refractivity (Wildman–Crippen MR) is 255 cm³/mol. The summed E-state index contributed by atoms with van der Waals surface area (Å²) in [6, 6.07) is 69.2. The quantitative estimate of drug-likeness (QED) is 0.165. The van der Waals surface area contributed by atoms with E-state index in [9.17, 15) is 0 Å². The van der Waals surface area contributed by atoms with Crippen molar-refractivity contribution >= 4 is 65.8 Å². The number of nitrogens with zero attached hydrogens (tertiary/aromatic N) is 2. The van der Waals surface area contributed by atoms with Crippen LogP contribution in [0.2, 0.25) is 0 Å². The van der Waals surface area contributed by atoms with Gasteiger partial charge in [-0.1, -0.05) is 140 Å². The summed E-state index contributed by atoms with van der Waals surface area (Å²) in [5, 5.41) is 10.3. The number of anilines is 4. The van der Waals surface area contributed by atoms with Crippen LogP contribution < -0.4 is 9.80 Å². The van der Waals surface area contributed by atoms with Crippen LogP contribution in [0.25, 0.3) is 87.6 Å². The third-order valence-corrected chi connectivity index (χ3v) is 13.8. The van der Waals surface area contributed by atoms with Crippen molar-refractivity contribution in [1.29, 1.82) is 0 Å². The van der Waals surface area contributed by atoms with Crippen LogP contribution in [0.4, 0.5) is 22.7 Å². The van der Waals surface area contributed by atoms with Gasteiger partial charge in [0.25, 0.3) is 0 Å². The minimum Gasteiger partial charge on any atom is -0.341 e. The number of fused-ring (bicyclic) bond motifs is 8. The zero-order valence-electron chi connectivity index (χ0n) is 33.5. The van der Waals surface area contributed by atoms with Gasteiger partial charge < -0.3 is 9.80 Å². The molecule has 0 saturated heterocycles. The number of hydrogen-bond donors (Lipinski definition) is 0. The fraction of sp³-hybridized carbons (Fsp3) is 0.103. The normalized spacial score (nSPS) is 14.2. The Morgan fingerprint density at radius 1 is 0.333 bits per heavy atom. The van der Waals surface area contributed by atoms with E-state index in [4.69, 9.17) is 0 Å². The van der Waals surface area contributed by atoms with Crippen molar-refractivity contribution in [1.82, 2.24) is 0 Å². The lowest BCUT2D eigenvalue weighted by molar-refractivity contribution is 0.767. The number of hydrogen-bond acceptors (Lipinski definition) is 2. The molecule has 3 aliphatic rings. The van der Waals surface area contributed by atoms with E-state index >= 15 is 0 Å². The molecule has 0 fully saturated rings. The van der Waals surface area contributed by atoms with Gasteiger partial charge in [0.15, 0.2) is 0 Å². The summed E-state index contributed by atoms with van der Waals surface area (Å²) in [6.07, 6.45) is 4.52. The molecule has 2 heteroatoms. The first-order valence-electron chi connectivity index (χ1n) is 21.7. The SMILES string of the molecule is c1ccc2c(c1)CCCN2c1ccc2c(-c3ccc4c5c(cccc35)-c3ccccc3-4)c3cc(N4CCCc5ccccc54)ccc3c(-c3ccc4ccccc4c3)c2c1. The largest absolute Gasteiger partial charge is 0.341 e. The molecular weight excluding hydrogens is 725 g/mol. The molecule has 10 aromatic carbocycles. The molecule has 0 amide bonds. The van der Waals surface area contributed by atoms with Gasteiger partial charge in [-0.2, -0.15) is 0 Å². The molecule has 1 aliphatic carbocycles. The third-order valence-electron chi connectivity index (χ3n) is 13.8. The van der Waals surface area contributed by atoms with E-state index in [0.717, 1.165) is 38.8 Å². The van der Waals surface area contributed by atoms with Gasteiger partial charge in [0.05, 0.1) is 0 Å². The Hall–Kier alpha value is -7.16. The van der Waals surface area contributed by atoms with Crippen molar-refractivity contribution in [2.24, 2.45) is 0 Å². The van der Waals surface area contributed by atoms with E-state index < -0.39 is 0 Å². The van der Waals surface area contributed by atoms with Crippen LogP contribution in [-0.2, 0) is 12.8 Å². The molecule has 2 aliphatic heterocycles. The van der Waals surface area contributed by atoms with Crippen LogP contribution in [0.3, 0.4) is 0 Å². The van der Waals surface area contributed by atoms with Crippen molar-refractivity contribution in [2.45, 2.75) is 25.7 Å². The average molecular weight is 767 g/mol. The number of para-hydroxylation sites is 2. The molecule has 0 radical (unpaired) electrons. The van der Waals surface area contributed by atoms with Crippen LogP contribution in [0, 0.1) is 0 Å². The van der Waals surface area contributed by atoms with E-state index in [0.29, 0.717) is 0 Å². The van der Waals surface area contributed by atoms with Crippen molar-refractivity contribution < 1.29 is 0 Å². The summed E-state index contributed by atoms with van der Waals surface area (Å²) < 4.78 is 0. The highest BCUT2D eigenvalue weighted by Gasteiger charge is 2.27. The molecule has 2 nitrogen and oxygen atoms in total. The minimum absolute atomic E-state index is 1.00. The highest BCUT2D eigenvalue weighted by atomic mass is 15.1. The summed E-state index contributed by atoms with van der Waals surface area (Å²) in [6.45, 7) is 2.01. The van der Waals surface area contributed by atoms with Crippen LogP contribution >= 0.6 is 0 Å². The summed E-state index contributed by atoms with van der Waals surface area (Å²) >= 11 is 0. The fourth-order valence-electron chi connectivity index (χ4n) is 11.1. The summed E-state index contributed by atoms with van der Waals surface area (Å²) in [7, 11) is 0. The molecule has 0 bridgehead atoms. The van der Waals surface area contributed by atoms with E-state index in [1.807, 2.05) is 0 Å². The Bertz CT molecular complexity index is 3380. The molecular formula is C58H42N2. The number of benzene rings is 10. The molecule has 13 rings (SSSR count). The molecule has 284 valence electrons. The second-order valence-corrected chi connectivity index (χ2v) is 17.0. The van der Waals surface area contributed by atoms with Gasteiger partial charge in [-0.15, -0.1) is 0 Å². The third kappa shape index (κ3) is 5.01. The van der Waals surface area contributed by atoms with Crippen molar-refractivity contribution in [2.75, 3.05) is 22.9 Å². The second kappa shape index (κ2) is 13.2. The molecule has 60 heavy (non-hydrogen) atoms. The lowest BCUT2D eigenvalue weighted by Crippen LogP contribution is -2.24. The van der Waals surface area contributed by atoms with E-state index in [-0.39, 0.29) is 0 Å². The van der Waals surface area contributed by atoms with Gasteiger partial charge >= 0.3 is 0 Å². The Morgan fingerprint density at radius 3 is 1.58 bits per heavy atom. The lowest BCUT2D eigenvalue weighted by Gasteiger charge is -2.32. The Labute approximate surface area is 350 Å². The van der Waals surface area contributed by atoms with Crippen LogP contribution in [0.15, 0.2) is 182 Å². The van der Waals surface area contributed by atoms with Gasteiger partial charge in [-0.3, -0.25) is 0 Å². The van der Waals surface area contributed by atoms with Crippen molar-refractivity contribution in [3.63, 3.8) is 0 Å². The predicted octanol–water partition coefficient (Wildman–Crippen LogP) is 15.4. The van der Waals surface area contributed by atoms with Gasteiger partial charge in [0.2, 0.25) is 0 Å². The topological polar surface area (TPSA) is 6.48 Å². The Kier molecular flexibility index (Phi) is 7.42. The fourth-order valence-corrected chi connectivity index (χ4v) is 11.1. The van der Waals surface area contributed by atoms with Crippen LogP contribution in [0.5, 0.6) is 0 Å². The maximum Gasteiger partial charge on any atom is 0.0443 e. The van der Waals surface area contributed by atoms with E-state index in [1.165, 1.54) is 121 Å². The highest BCUT2D eigenvalue weighted by Crippen LogP contribution is 2.53. The molecule has 0 saturated carbocycles. The average Bonchev–Trinajstić information content (AvgIpc) is 3.64. The number of aryl methyl sites for hydroxylation is 2. The molecule has 2 heterocycles. The maximum absolute atomic E-state index is 2.56. The molecule has 0 atom stereocenters. The van der Waals surface area contributed by atoms with Gasteiger partial charge in [-0.25, -0.2) is 0 Å². The summed E-state index contributed by atoms with van der Waals surface area (Å²) in [4.78, 5) is 5.11.